The zero-order valence-electron chi connectivity index (χ0n) is 15.6. The molecule has 1 heterocycles. The van der Waals surface area contributed by atoms with Crippen molar-refractivity contribution < 1.29 is 0 Å². The summed E-state index contributed by atoms with van der Waals surface area (Å²) in [5, 5.41) is 0. The number of hydrogen-bond acceptors (Lipinski definition) is 2. The molecule has 2 heteroatoms. The van der Waals surface area contributed by atoms with Gasteiger partial charge < -0.3 is 4.90 Å². The van der Waals surface area contributed by atoms with Crippen LogP contribution in [0.25, 0.3) is 33.5 Å². The highest BCUT2D eigenvalue weighted by atomic mass is 15.1. The number of benzene rings is 3. The summed E-state index contributed by atoms with van der Waals surface area (Å²) in [6.45, 7) is 0. The summed E-state index contributed by atoms with van der Waals surface area (Å²) >= 11 is 0. The lowest BCUT2D eigenvalue weighted by molar-refractivity contribution is 1.13. The normalized spacial score (nSPS) is 10.6. The second-order valence-electron chi connectivity index (χ2n) is 6.76. The van der Waals surface area contributed by atoms with E-state index in [9.17, 15) is 0 Å². The van der Waals surface area contributed by atoms with Gasteiger partial charge in [-0.3, -0.25) is 4.98 Å². The van der Waals surface area contributed by atoms with E-state index in [1.54, 1.807) is 0 Å². The number of nitrogens with zero attached hydrogens (tertiary/aromatic N) is 2. The van der Waals surface area contributed by atoms with Gasteiger partial charge in [0.25, 0.3) is 0 Å². The van der Waals surface area contributed by atoms with Crippen LogP contribution in [-0.4, -0.2) is 19.1 Å². The number of aromatic nitrogens is 1. The van der Waals surface area contributed by atoms with Crippen LogP contribution >= 0.6 is 0 Å². The van der Waals surface area contributed by atoms with Crippen molar-refractivity contribution in [2.24, 2.45) is 0 Å². The van der Waals surface area contributed by atoms with E-state index in [1.807, 2.05) is 18.3 Å². The van der Waals surface area contributed by atoms with E-state index in [0.717, 1.165) is 11.3 Å². The zero-order valence-corrected chi connectivity index (χ0v) is 15.6. The molecular formula is C25H22N2. The Morgan fingerprint density at radius 1 is 0.593 bits per heavy atom. The van der Waals surface area contributed by atoms with Crippen LogP contribution in [0.15, 0.2) is 97.2 Å². The smallest absolute Gasteiger partial charge is 0.0786 e. The van der Waals surface area contributed by atoms with Crippen molar-refractivity contribution in [3.8, 4) is 33.5 Å². The molecule has 0 unspecified atom stereocenters. The molecule has 0 saturated carbocycles. The molecule has 4 rings (SSSR count). The number of hydrogen-bond donors (Lipinski definition) is 0. The fourth-order valence-corrected chi connectivity index (χ4v) is 3.35. The van der Waals surface area contributed by atoms with Gasteiger partial charge in [-0.2, -0.15) is 0 Å². The molecular weight excluding hydrogens is 328 g/mol. The van der Waals surface area contributed by atoms with Gasteiger partial charge in [0.15, 0.2) is 0 Å². The van der Waals surface area contributed by atoms with E-state index >= 15 is 0 Å². The molecule has 27 heavy (non-hydrogen) atoms. The van der Waals surface area contributed by atoms with Crippen molar-refractivity contribution >= 4 is 5.69 Å². The molecule has 2 nitrogen and oxygen atoms in total. The van der Waals surface area contributed by atoms with Gasteiger partial charge in [0.05, 0.1) is 5.69 Å². The summed E-state index contributed by atoms with van der Waals surface area (Å²) in [5.74, 6) is 0. The van der Waals surface area contributed by atoms with Crippen molar-refractivity contribution in [2.75, 3.05) is 19.0 Å². The maximum absolute atomic E-state index is 4.75. The summed E-state index contributed by atoms with van der Waals surface area (Å²) in [7, 11) is 4.12. The van der Waals surface area contributed by atoms with Gasteiger partial charge in [0.1, 0.15) is 0 Å². The fourth-order valence-electron chi connectivity index (χ4n) is 3.35. The third kappa shape index (κ3) is 3.47. The topological polar surface area (TPSA) is 16.1 Å². The van der Waals surface area contributed by atoms with Gasteiger partial charge >= 0.3 is 0 Å². The van der Waals surface area contributed by atoms with E-state index in [2.05, 4.69) is 97.9 Å². The second kappa shape index (κ2) is 7.46. The summed E-state index contributed by atoms with van der Waals surface area (Å²) in [6, 6.07) is 31.7. The average Bonchev–Trinajstić information content (AvgIpc) is 2.74. The molecule has 132 valence electrons. The van der Waals surface area contributed by atoms with Gasteiger partial charge in [0.2, 0.25) is 0 Å². The summed E-state index contributed by atoms with van der Waals surface area (Å²) in [4.78, 5) is 6.86. The minimum atomic E-state index is 1.01. The van der Waals surface area contributed by atoms with Crippen LogP contribution in [0, 0.1) is 0 Å². The number of pyridine rings is 1. The molecule has 0 spiro atoms. The van der Waals surface area contributed by atoms with Crippen molar-refractivity contribution in [3.05, 3.63) is 97.2 Å². The minimum absolute atomic E-state index is 1.01. The van der Waals surface area contributed by atoms with E-state index in [4.69, 9.17) is 4.98 Å². The van der Waals surface area contributed by atoms with Crippen LogP contribution in [0.1, 0.15) is 0 Å². The van der Waals surface area contributed by atoms with Crippen LogP contribution < -0.4 is 4.90 Å². The van der Waals surface area contributed by atoms with Crippen molar-refractivity contribution in [1.82, 2.24) is 4.98 Å². The van der Waals surface area contributed by atoms with E-state index in [0.29, 0.717) is 0 Å². The maximum atomic E-state index is 4.75. The first kappa shape index (κ1) is 17.0. The fraction of sp³-hybridized carbons (Fsp3) is 0.0800. The number of rotatable bonds is 4. The lowest BCUT2D eigenvalue weighted by Gasteiger charge is -2.17. The lowest BCUT2D eigenvalue weighted by Crippen LogP contribution is -2.07. The maximum Gasteiger partial charge on any atom is 0.0786 e. The third-order valence-corrected chi connectivity index (χ3v) is 4.76. The Balaban J connectivity index is 1.94. The quantitative estimate of drug-likeness (QED) is 0.439. The van der Waals surface area contributed by atoms with Crippen molar-refractivity contribution in [3.63, 3.8) is 0 Å². The molecule has 0 atom stereocenters. The Hall–Kier alpha value is -3.39. The molecule has 0 N–H and O–H groups in total. The first-order chi connectivity index (χ1) is 13.2. The third-order valence-electron chi connectivity index (χ3n) is 4.76. The predicted molar refractivity (Wildman–Crippen MR) is 115 cm³/mol. The summed E-state index contributed by atoms with van der Waals surface area (Å²) < 4.78 is 0. The largest absolute Gasteiger partial charge is 0.378 e. The average molecular weight is 350 g/mol. The van der Waals surface area contributed by atoms with E-state index in [-0.39, 0.29) is 0 Å². The lowest BCUT2D eigenvalue weighted by atomic mass is 9.91. The zero-order chi connectivity index (χ0) is 18.6. The van der Waals surface area contributed by atoms with E-state index < -0.39 is 0 Å². The molecule has 0 aliphatic heterocycles. The number of anilines is 1. The van der Waals surface area contributed by atoms with Gasteiger partial charge in [-0.1, -0.05) is 72.8 Å². The molecule has 0 saturated heterocycles. The molecule has 0 radical (unpaired) electrons. The highest BCUT2D eigenvalue weighted by Gasteiger charge is 2.15. The molecule has 0 aliphatic rings. The summed E-state index contributed by atoms with van der Waals surface area (Å²) in [5.41, 5.74) is 8.06. The van der Waals surface area contributed by atoms with E-state index in [1.165, 1.54) is 27.9 Å². The van der Waals surface area contributed by atoms with Crippen LogP contribution in [0.4, 0.5) is 5.69 Å². The first-order valence-corrected chi connectivity index (χ1v) is 9.11. The van der Waals surface area contributed by atoms with Gasteiger partial charge in [-0.25, -0.2) is 0 Å². The monoisotopic (exact) mass is 350 g/mol. The highest BCUT2D eigenvalue weighted by Crippen LogP contribution is 2.38. The second-order valence-corrected chi connectivity index (χ2v) is 6.76. The summed E-state index contributed by atoms with van der Waals surface area (Å²) in [6.07, 6.45) is 1.91. The molecule has 0 fully saturated rings. The van der Waals surface area contributed by atoms with Crippen molar-refractivity contribution in [1.29, 1.82) is 0 Å². The van der Waals surface area contributed by atoms with Gasteiger partial charge in [0, 0.05) is 37.1 Å². The molecule has 0 bridgehead atoms. The van der Waals surface area contributed by atoms with Crippen LogP contribution in [0.3, 0.4) is 0 Å². The van der Waals surface area contributed by atoms with Crippen LogP contribution in [-0.2, 0) is 0 Å². The molecule has 0 amide bonds. The van der Waals surface area contributed by atoms with Crippen molar-refractivity contribution in [2.45, 2.75) is 0 Å². The van der Waals surface area contributed by atoms with Gasteiger partial charge in [-0.05, 0) is 34.9 Å². The standard InChI is InChI=1S/C25H22N2/c1-27(2)22-15-13-19(14-16-22)23-17-18-26-25(21-11-7-4-8-12-21)24(23)20-9-5-3-6-10-20/h3-18H,1-2H3. The molecule has 1 aromatic heterocycles. The Kier molecular flexibility index (Phi) is 4.71. The molecule has 3 aromatic carbocycles. The molecule has 0 aliphatic carbocycles. The van der Waals surface area contributed by atoms with Crippen LogP contribution in [0.5, 0.6) is 0 Å². The Bertz CT molecular complexity index is 1020. The Labute approximate surface area is 160 Å². The predicted octanol–water partition coefficient (Wildman–Crippen LogP) is 6.15. The SMILES string of the molecule is CN(C)c1ccc(-c2ccnc(-c3ccccc3)c2-c2ccccc2)cc1. The minimum Gasteiger partial charge on any atom is -0.378 e. The first-order valence-electron chi connectivity index (χ1n) is 9.11. The van der Waals surface area contributed by atoms with Crippen LogP contribution in [0.2, 0.25) is 0 Å². The molecule has 4 aromatic rings. The van der Waals surface area contributed by atoms with Gasteiger partial charge in [-0.15, -0.1) is 0 Å². The Morgan fingerprint density at radius 2 is 1.19 bits per heavy atom. The highest BCUT2D eigenvalue weighted by molar-refractivity contribution is 5.92. The Morgan fingerprint density at radius 3 is 1.78 bits per heavy atom.